The van der Waals surface area contributed by atoms with Crippen molar-refractivity contribution in [3.8, 4) is 5.75 Å². The third-order valence-corrected chi connectivity index (χ3v) is 2.92. The van der Waals surface area contributed by atoms with Crippen LogP contribution in [0.3, 0.4) is 0 Å². The molecule has 0 aliphatic carbocycles. The highest BCUT2D eigenvalue weighted by molar-refractivity contribution is 5.80. The molecular formula is C15H22O2. The Kier molecular flexibility index (Phi) is 3.97. The first kappa shape index (κ1) is 13.8. The van der Waals surface area contributed by atoms with Gasteiger partial charge in [0.1, 0.15) is 5.75 Å². The summed E-state index contributed by atoms with van der Waals surface area (Å²) in [6.45, 7) is 11.9. The minimum absolute atomic E-state index is 0.0456. The van der Waals surface area contributed by atoms with E-state index in [1.807, 2.05) is 13.0 Å². The highest BCUT2D eigenvalue weighted by atomic mass is 16.5. The van der Waals surface area contributed by atoms with E-state index >= 15 is 0 Å². The summed E-state index contributed by atoms with van der Waals surface area (Å²) >= 11 is 0. The minimum atomic E-state index is -0.380. The molecule has 0 spiro atoms. The van der Waals surface area contributed by atoms with Crippen molar-refractivity contribution in [2.75, 3.05) is 0 Å². The van der Waals surface area contributed by atoms with Gasteiger partial charge in [0.2, 0.25) is 0 Å². The Morgan fingerprint density at radius 3 is 2.29 bits per heavy atom. The quantitative estimate of drug-likeness (QED) is 0.798. The van der Waals surface area contributed by atoms with Gasteiger partial charge >= 0.3 is 0 Å². The van der Waals surface area contributed by atoms with E-state index in [0.29, 0.717) is 0 Å². The number of aryl methyl sites for hydroxylation is 1. The molecule has 0 saturated heterocycles. The predicted octanol–water partition coefficient (Wildman–Crippen LogP) is 3.65. The van der Waals surface area contributed by atoms with Crippen molar-refractivity contribution >= 4 is 5.78 Å². The van der Waals surface area contributed by atoms with E-state index in [-0.39, 0.29) is 17.3 Å². The summed E-state index contributed by atoms with van der Waals surface area (Å²) in [7, 11) is 0. The van der Waals surface area contributed by atoms with Crippen molar-refractivity contribution in [2.45, 2.75) is 53.1 Å². The van der Waals surface area contributed by atoms with Crippen LogP contribution in [0.5, 0.6) is 5.75 Å². The molecule has 2 nitrogen and oxygen atoms in total. The lowest BCUT2D eigenvalue weighted by molar-refractivity contribution is -0.122. The lowest BCUT2D eigenvalue weighted by atomic mass is 9.86. The average molecular weight is 234 g/mol. The van der Waals surface area contributed by atoms with Crippen LogP contribution in [0.15, 0.2) is 18.2 Å². The Bertz CT molecular complexity index is 413. The second kappa shape index (κ2) is 4.91. The van der Waals surface area contributed by atoms with Crippen molar-refractivity contribution in [2.24, 2.45) is 0 Å². The summed E-state index contributed by atoms with van der Waals surface area (Å²) in [4.78, 5) is 11.2. The second-order valence-corrected chi connectivity index (χ2v) is 5.60. The number of ether oxygens (including phenoxy) is 1. The van der Waals surface area contributed by atoms with Gasteiger partial charge in [-0.1, -0.05) is 32.9 Å². The number of benzene rings is 1. The van der Waals surface area contributed by atoms with Gasteiger partial charge in [-0.25, -0.2) is 0 Å². The van der Waals surface area contributed by atoms with Crippen LogP contribution in [-0.4, -0.2) is 11.9 Å². The lowest BCUT2D eigenvalue weighted by Crippen LogP contribution is -2.21. The minimum Gasteiger partial charge on any atom is -0.483 e. The van der Waals surface area contributed by atoms with Gasteiger partial charge in [0.05, 0.1) is 0 Å². The van der Waals surface area contributed by atoms with Gasteiger partial charge in [0, 0.05) is 0 Å². The van der Waals surface area contributed by atoms with Gasteiger partial charge in [-0.05, 0) is 43.4 Å². The molecule has 1 atom stereocenters. The molecule has 0 heterocycles. The van der Waals surface area contributed by atoms with Crippen molar-refractivity contribution in [1.29, 1.82) is 0 Å². The third-order valence-electron chi connectivity index (χ3n) is 2.92. The molecule has 94 valence electrons. The monoisotopic (exact) mass is 234 g/mol. The average Bonchev–Trinajstić information content (AvgIpc) is 2.19. The highest BCUT2D eigenvalue weighted by Gasteiger charge is 2.16. The number of rotatable bonds is 3. The van der Waals surface area contributed by atoms with Crippen LogP contribution in [0.2, 0.25) is 0 Å². The maximum atomic E-state index is 11.2. The van der Waals surface area contributed by atoms with E-state index < -0.39 is 0 Å². The molecule has 1 rings (SSSR count). The number of Topliss-reactive ketones (excluding diaryl/α,β-unsaturated/α-hetero) is 1. The summed E-state index contributed by atoms with van der Waals surface area (Å²) in [5.41, 5.74) is 2.48. The molecule has 0 saturated carbocycles. The molecule has 1 aromatic rings. The van der Waals surface area contributed by atoms with E-state index in [2.05, 4.69) is 32.9 Å². The highest BCUT2D eigenvalue weighted by Crippen LogP contribution is 2.28. The van der Waals surface area contributed by atoms with Crippen LogP contribution < -0.4 is 4.74 Å². The zero-order valence-electron chi connectivity index (χ0n) is 11.6. The molecule has 0 radical (unpaired) electrons. The van der Waals surface area contributed by atoms with E-state index in [9.17, 15) is 4.79 Å². The molecule has 17 heavy (non-hydrogen) atoms. The zero-order valence-corrected chi connectivity index (χ0v) is 11.6. The Labute approximate surface area is 104 Å². The fourth-order valence-corrected chi connectivity index (χ4v) is 1.52. The summed E-state index contributed by atoms with van der Waals surface area (Å²) in [5.74, 6) is 0.838. The van der Waals surface area contributed by atoms with Crippen molar-refractivity contribution in [1.82, 2.24) is 0 Å². The van der Waals surface area contributed by atoms with Gasteiger partial charge in [-0.2, -0.15) is 0 Å². The summed E-state index contributed by atoms with van der Waals surface area (Å²) in [6.07, 6.45) is -0.380. The number of hydrogen-bond donors (Lipinski definition) is 0. The topological polar surface area (TPSA) is 26.3 Å². The summed E-state index contributed by atoms with van der Waals surface area (Å²) < 4.78 is 5.62. The first-order valence-electron chi connectivity index (χ1n) is 6.00. The smallest absolute Gasteiger partial charge is 0.169 e. The SMILES string of the molecule is CC(=O)C(C)Oc1ccc(C(C)(C)C)cc1C. The molecule has 0 aromatic heterocycles. The molecule has 0 amide bonds. The Hall–Kier alpha value is -1.31. The van der Waals surface area contributed by atoms with Crippen LogP contribution >= 0.6 is 0 Å². The molecule has 2 heteroatoms. The van der Waals surface area contributed by atoms with Crippen LogP contribution in [-0.2, 0) is 10.2 Å². The number of carbonyl (C=O) groups excluding carboxylic acids is 1. The number of ketones is 1. The van der Waals surface area contributed by atoms with Crippen LogP contribution in [0.25, 0.3) is 0 Å². The Balaban J connectivity index is 2.95. The lowest BCUT2D eigenvalue weighted by Gasteiger charge is -2.21. The second-order valence-electron chi connectivity index (χ2n) is 5.60. The maximum absolute atomic E-state index is 11.2. The molecule has 1 aromatic carbocycles. The molecule has 0 fully saturated rings. The van der Waals surface area contributed by atoms with Gasteiger partial charge < -0.3 is 4.74 Å². The van der Waals surface area contributed by atoms with Crippen molar-refractivity contribution in [3.05, 3.63) is 29.3 Å². The summed E-state index contributed by atoms with van der Waals surface area (Å²) in [5, 5.41) is 0. The van der Waals surface area contributed by atoms with E-state index in [4.69, 9.17) is 4.74 Å². The van der Waals surface area contributed by atoms with E-state index in [1.54, 1.807) is 13.8 Å². The van der Waals surface area contributed by atoms with Gasteiger partial charge in [-0.15, -0.1) is 0 Å². The predicted molar refractivity (Wildman–Crippen MR) is 70.7 cm³/mol. The van der Waals surface area contributed by atoms with Gasteiger partial charge in [0.15, 0.2) is 11.9 Å². The third kappa shape index (κ3) is 3.58. The van der Waals surface area contributed by atoms with Crippen LogP contribution in [0.1, 0.15) is 45.7 Å². The van der Waals surface area contributed by atoms with E-state index in [1.165, 1.54) is 5.56 Å². The normalized spacial score (nSPS) is 13.3. The van der Waals surface area contributed by atoms with Crippen LogP contribution in [0, 0.1) is 6.92 Å². The number of hydrogen-bond acceptors (Lipinski definition) is 2. The fraction of sp³-hybridized carbons (Fsp3) is 0.533. The molecular weight excluding hydrogens is 212 g/mol. The molecule has 0 aliphatic heterocycles. The first-order valence-corrected chi connectivity index (χ1v) is 6.00. The Morgan fingerprint density at radius 1 is 1.29 bits per heavy atom. The first-order chi connectivity index (χ1) is 7.71. The molecule has 0 aliphatic rings. The summed E-state index contributed by atoms with van der Waals surface area (Å²) in [6, 6.07) is 6.15. The maximum Gasteiger partial charge on any atom is 0.169 e. The van der Waals surface area contributed by atoms with Crippen LogP contribution in [0.4, 0.5) is 0 Å². The fourth-order valence-electron chi connectivity index (χ4n) is 1.52. The zero-order chi connectivity index (χ0) is 13.2. The Morgan fingerprint density at radius 2 is 1.88 bits per heavy atom. The van der Waals surface area contributed by atoms with Crippen molar-refractivity contribution in [3.63, 3.8) is 0 Å². The molecule has 0 bridgehead atoms. The van der Waals surface area contributed by atoms with E-state index in [0.717, 1.165) is 11.3 Å². The standard InChI is InChI=1S/C15H22O2/c1-10-9-13(15(4,5)6)7-8-14(10)17-12(3)11(2)16/h7-9,12H,1-6H3. The van der Waals surface area contributed by atoms with Crippen molar-refractivity contribution < 1.29 is 9.53 Å². The number of carbonyl (C=O) groups is 1. The largest absolute Gasteiger partial charge is 0.483 e. The molecule has 1 unspecified atom stereocenters. The van der Waals surface area contributed by atoms with Gasteiger partial charge in [0.25, 0.3) is 0 Å². The molecule has 0 N–H and O–H groups in total. The van der Waals surface area contributed by atoms with Gasteiger partial charge in [-0.3, -0.25) is 4.79 Å².